The highest BCUT2D eigenvalue weighted by molar-refractivity contribution is 6.09. The molecule has 26 heavy (non-hydrogen) atoms. The van der Waals surface area contributed by atoms with Crippen molar-refractivity contribution in [1.82, 2.24) is 24.8 Å². The number of carbonyl (C=O) groups excluding carboxylic acids is 1. The smallest absolute Gasteiger partial charge is 0.259 e. The molecule has 1 amide bonds. The number of nitrogens with zero attached hydrogens (tertiary/aromatic N) is 4. The van der Waals surface area contributed by atoms with Gasteiger partial charge in [0.2, 0.25) is 0 Å². The van der Waals surface area contributed by atoms with E-state index in [4.69, 9.17) is 0 Å². The van der Waals surface area contributed by atoms with Crippen molar-refractivity contribution in [2.45, 2.75) is 20.3 Å². The summed E-state index contributed by atoms with van der Waals surface area (Å²) in [6.45, 7) is 3.96. The zero-order chi connectivity index (χ0) is 18.1. The number of fused-ring (bicyclic) bond motifs is 1. The Morgan fingerprint density at radius 1 is 1.27 bits per heavy atom. The van der Waals surface area contributed by atoms with E-state index < -0.39 is 0 Å². The summed E-state index contributed by atoms with van der Waals surface area (Å²) in [5.41, 5.74) is 3.83. The monoisotopic (exact) mass is 346 g/mol. The quantitative estimate of drug-likeness (QED) is 0.594. The Hall–Kier alpha value is -3.48. The molecular weight excluding hydrogens is 328 g/mol. The number of aryl methyl sites for hydroxylation is 2. The Morgan fingerprint density at radius 3 is 2.96 bits per heavy atom. The summed E-state index contributed by atoms with van der Waals surface area (Å²) < 4.78 is 1.68. The predicted molar refractivity (Wildman–Crippen MR) is 99.1 cm³/mol. The van der Waals surface area contributed by atoms with Gasteiger partial charge in [-0.15, -0.1) is 0 Å². The Morgan fingerprint density at radius 2 is 2.15 bits per heavy atom. The summed E-state index contributed by atoms with van der Waals surface area (Å²) in [4.78, 5) is 17.2. The molecule has 4 aromatic rings. The Balaban J connectivity index is 1.65. The highest BCUT2D eigenvalue weighted by Crippen LogP contribution is 2.24. The maximum Gasteiger partial charge on any atom is 0.259 e. The van der Waals surface area contributed by atoms with Crippen LogP contribution in [0.25, 0.3) is 16.9 Å². The van der Waals surface area contributed by atoms with E-state index in [1.165, 1.54) is 0 Å². The van der Waals surface area contributed by atoms with Crippen LogP contribution in [0.15, 0.2) is 48.8 Å². The highest BCUT2D eigenvalue weighted by Gasteiger charge is 2.14. The topological polar surface area (TPSA) is 88.0 Å². The second-order valence-corrected chi connectivity index (χ2v) is 6.03. The molecule has 0 saturated carbocycles. The fourth-order valence-corrected chi connectivity index (χ4v) is 2.78. The maximum atomic E-state index is 12.7. The number of rotatable bonds is 4. The molecule has 3 aromatic heterocycles. The van der Waals surface area contributed by atoms with Crippen molar-refractivity contribution in [2.75, 3.05) is 5.32 Å². The SMILES string of the molecule is CCc1nc(-c2ccc(C)c(NC(=O)c3cnn4ccccc34)c2)n[nH]1. The van der Waals surface area contributed by atoms with Crippen LogP contribution in [0.2, 0.25) is 0 Å². The molecule has 4 rings (SSSR count). The molecule has 130 valence electrons. The number of aromatic nitrogens is 5. The first kappa shape index (κ1) is 16.0. The predicted octanol–water partition coefficient (Wildman–Crippen LogP) is 3.24. The first-order chi connectivity index (χ1) is 12.7. The van der Waals surface area contributed by atoms with Gasteiger partial charge in [-0.3, -0.25) is 9.89 Å². The zero-order valence-corrected chi connectivity index (χ0v) is 14.5. The van der Waals surface area contributed by atoms with E-state index in [2.05, 4.69) is 25.6 Å². The standard InChI is InChI=1S/C19H18N6O/c1-3-17-22-18(24-23-17)13-8-7-12(2)15(10-13)21-19(26)14-11-20-25-9-5-4-6-16(14)25/h4-11H,3H2,1-2H3,(H,21,26)(H,22,23,24). The van der Waals surface area contributed by atoms with Gasteiger partial charge in [-0.25, -0.2) is 9.50 Å². The summed E-state index contributed by atoms with van der Waals surface area (Å²) in [5, 5.41) is 14.3. The summed E-state index contributed by atoms with van der Waals surface area (Å²) >= 11 is 0. The minimum atomic E-state index is -0.198. The molecule has 0 aliphatic rings. The van der Waals surface area contributed by atoms with Gasteiger partial charge in [-0.2, -0.15) is 10.2 Å². The van der Waals surface area contributed by atoms with Crippen LogP contribution in [0, 0.1) is 6.92 Å². The Bertz CT molecular complexity index is 1090. The van der Waals surface area contributed by atoms with Gasteiger partial charge in [0, 0.05) is 23.9 Å². The number of nitrogens with one attached hydrogen (secondary N) is 2. The molecule has 0 bridgehead atoms. The van der Waals surface area contributed by atoms with Gasteiger partial charge in [0.15, 0.2) is 5.82 Å². The second kappa shape index (κ2) is 6.44. The minimum Gasteiger partial charge on any atom is -0.322 e. The number of benzene rings is 1. The molecule has 0 radical (unpaired) electrons. The first-order valence-corrected chi connectivity index (χ1v) is 8.41. The average molecular weight is 346 g/mol. The van der Waals surface area contributed by atoms with Crippen LogP contribution in [0.3, 0.4) is 0 Å². The molecule has 0 unspecified atom stereocenters. The van der Waals surface area contributed by atoms with E-state index in [0.717, 1.165) is 34.6 Å². The number of H-pyrrole nitrogens is 1. The van der Waals surface area contributed by atoms with Crippen LogP contribution in [0.4, 0.5) is 5.69 Å². The number of hydrogen-bond donors (Lipinski definition) is 2. The van der Waals surface area contributed by atoms with Crippen molar-refractivity contribution in [3.05, 3.63) is 65.7 Å². The lowest BCUT2D eigenvalue weighted by Gasteiger charge is -2.09. The molecule has 7 nitrogen and oxygen atoms in total. The molecule has 0 aliphatic carbocycles. The molecule has 3 heterocycles. The molecule has 0 spiro atoms. The average Bonchev–Trinajstić information content (AvgIpc) is 3.30. The third-order valence-electron chi connectivity index (χ3n) is 4.28. The zero-order valence-electron chi connectivity index (χ0n) is 14.5. The van der Waals surface area contributed by atoms with Gasteiger partial charge in [0.1, 0.15) is 5.82 Å². The van der Waals surface area contributed by atoms with Crippen LogP contribution in [0.1, 0.15) is 28.7 Å². The van der Waals surface area contributed by atoms with E-state index in [1.807, 2.05) is 56.4 Å². The molecule has 0 fully saturated rings. The maximum absolute atomic E-state index is 12.7. The minimum absolute atomic E-state index is 0.198. The van der Waals surface area contributed by atoms with Crippen molar-refractivity contribution in [2.24, 2.45) is 0 Å². The number of aromatic amines is 1. The van der Waals surface area contributed by atoms with E-state index in [1.54, 1.807) is 10.7 Å². The van der Waals surface area contributed by atoms with Gasteiger partial charge in [-0.05, 0) is 30.7 Å². The Labute approximate surface area is 150 Å². The number of hydrogen-bond acceptors (Lipinski definition) is 4. The van der Waals surface area contributed by atoms with Crippen LogP contribution >= 0.6 is 0 Å². The molecule has 1 aromatic carbocycles. The largest absolute Gasteiger partial charge is 0.322 e. The molecule has 0 atom stereocenters. The van der Waals surface area contributed by atoms with Crippen molar-refractivity contribution in [3.63, 3.8) is 0 Å². The normalized spacial score (nSPS) is 11.0. The van der Waals surface area contributed by atoms with Crippen molar-refractivity contribution in [3.8, 4) is 11.4 Å². The van der Waals surface area contributed by atoms with Crippen LogP contribution < -0.4 is 5.32 Å². The van der Waals surface area contributed by atoms with E-state index in [9.17, 15) is 4.79 Å². The Kier molecular flexibility index (Phi) is 3.96. The summed E-state index contributed by atoms with van der Waals surface area (Å²) in [7, 11) is 0. The van der Waals surface area contributed by atoms with Gasteiger partial charge in [0.05, 0.1) is 17.3 Å². The molecule has 7 heteroatoms. The van der Waals surface area contributed by atoms with E-state index in [-0.39, 0.29) is 5.91 Å². The van der Waals surface area contributed by atoms with E-state index >= 15 is 0 Å². The fraction of sp³-hybridized carbons (Fsp3) is 0.158. The lowest BCUT2D eigenvalue weighted by Crippen LogP contribution is -2.12. The molecule has 0 aliphatic heterocycles. The number of amides is 1. The van der Waals surface area contributed by atoms with Crippen molar-refractivity contribution < 1.29 is 4.79 Å². The summed E-state index contributed by atoms with van der Waals surface area (Å²) in [6.07, 6.45) is 4.18. The van der Waals surface area contributed by atoms with Crippen LogP contribution in [-0.2, 0) is 6.42 Å². The van der Waals surface area contributed by atoms with Gasteiger partial charge >= 0.3 is 0 Å². The molecule has 2 N–H and O–H groups in total. The number of carbonyl (C=O) groups is 1. The second-order valence-electron chi connectivity index (χ2n) is 6.03. The van der Waals surface area contributed by atoms with Crippen LogP contribution in [-0.4, -0.2) is 30.7 Å². The van der Waals surface area contributed by atoms with Gasteiger partial charge in [0.25, 0.3) is 5.91 Å². The third-order valence-corrected chi connectivity index (χ3v) is 4.28. The lowest BCUT2D eigenvalue weighted by molar-refractivity contribution is 0.102. The van der Waals surface area contributed by atoms with Crippen molar-refractivity contribution >= 4 is 17.1 Å². The lowest BCUT2D eigenvalue weighted by atomic mass is 10.1. The van der Waals surface area contributed by atoms with Gasteiger partial charge < -0.3 is 5.32 Å². The molecular formula is C19H18N6O. The molecule has 0 saturated heterocycles. The highest BCUT2D eigenvalue weighted by atomic mass is 16.1. The fourth-order valence-electron chi connectivity index (χ4n) is 2.78. The first-order valence-electron chi connectivity index (χ1n) is 8.41. The van der Waals surface area contributed by atoms with E-state index in [0.29, 0.717) is 11.4 Å². The third kappa shape index (κ3) is 2.83. The number of pyridine rings is 1. The van der Waals surface area contributed by atoms with Crippen LogP contribution in [0.5, 0.6) is 0 Å². The summed E-state index contributed by atoms with van der Waals surface area (Å²) in [6, 6.07) is 11.4. The number of anilines is 1. The van der Waals surface area contributed by atoms with Crippen molar-refractivity contribution in [1.29, 1.82) is 0 Å². The van der Waals surface area contributed by atoms with Gasteiger partial charge in [-0.1, -0.05) is 25.1 Å². The summed E-state index contributed by atoms with van der Waals surface area (Å²) in [5.74, 6) is 1.25.